The van der Waals surface area contributed by atoms with Crippen LogP contribution in [0, 0.1) is 5.82 Å². The van der Waals surface area contributed by atoms with Crippen molar-refractivity contribution in [1.82, 2.24) is 24.9 Å². The summed E-state index contributed by atoms with van der Waals surface area (Å²) in [6.07, 6.45) is 6.17. The lowest BCUT2D eigenvalue weighted by atomic mass is 9.84. The Bertz CT molecular complexity index is 1410. The average molecular weight is 444 g/mol. The first-order chi connectivity index (χ1) is 15.4. The number of rotatable bonds is 4. The number of aromatic nitrogens is 5. The van der Waals surface area contributed by atoms with E-state index >= 15 is 0 Å². The van der Waals surface area contributed by atoms with E-state index in [2.05, 4.69) is 28.8 Å². The van der Waals surface area contributed by atoms with Gasteiger partial charge in [0.25, 0.3) is 0 Å². The van der Waals surface area contributed by atoms with Crippen LogP contribution < -0.4 is 0 Å². The number of nitrogens with one attached hydrogen (secondary N) is 1. The number of H-pyrrole nitrogens is 1. The molecule has 0 aliphatic carbocycles. The number of pyridine rings is 3. The molecule has 4 heterocycles. The third-order valence-corrected chi connectivity index (χ3v) is 5.88. The molecule has 0 radical (unpaired) electrons. The second-order valence-corrected chi connectivity index (χ2v) is 8.50. The van der Waals surface area contributed by atoms with Crippen LogP contribution in [0.1, 0.15) is 25.2 Å². The van der Waals surface area contributed by atoms with Crippen LogP contribution in [0.15, 0.2) is 73.3 Å². The molecule has 0 spiro atoms. The summed E-state index contributed by atoms with van der Waals surface area (Å²) < 4.78 is 14.7. The maximum atomic E-state index is 14.7. The molecular weight excluding hydrogens is 425 g/mol. The van der Waals surface area contributed by atoms with Crippen molar-refractivity contribution in [1.29, 1.82) is 0 Å². The lowest BCUT2D eigenvalue weighted by Gasteiger charge is -2.22. The molecule has 0 fully saturated rings. The van der Waals surface area contributed by atoms with Crippen molar-refractivity contribution in [2.24, 2.45) is 0 Å². The van der Waals surface area contributed by atoms with Gasteiger partial charge in [-0.1, -0.05) is 23.7 Å². The Morgan fingerprint density at radius 3 is 2.41 bits per heavy atom. The van der Waals surface area contributed by atoms with Crippen LogP contribution >= 0.6 is 11.6 Å². The lowest BCUT2D eigenvalue weighted by molar-refractivity contribution is 0.601. The molecule has 0 aliphatic heterocycles. The van der Waals surface area contributed by atoms with Crippen molar-refractivity contribution in [3.05, 3.63) is 95.5 Å². The van der Waals surface area contributed by atoms with Gasteiger partial charge in [-0.2, -0.15) is 0 Å². The first-order valence-electron chi connectivity index (χ1n) is 10.1. The van der Waals surface area contributed by atoms with E-state index < -0.39 is 11.2 Å². The summed E-state index contributed by atoms with van der Waals surface area (Å²) in [7, 11) is 0. The van der Waals surface area contributed by atoms with Crippen LogP contribution in [0.4, 0.5) is 4.39 Å². The van der Waals surface area contributed by atoms with Gasteiger partial charge in [0.15, 0.2) is 5.65 Å². The van der Waals surface area contributed by atoms with Gasteiger partial charge < -0.3 is 4.98 Å². The number of halogens is 2. The largest absolute Gasteiger partial charge is 0.326 e. The Morgan fingerprint density at radius 2 is 1.69 bits per heavy atom. The normalized spacial score (nSPS) is 11.8. The standard InChI is InChI=1S/C25H19ClFN5/c1-25(2,16-5-7-17(26)8-6-16)24-30-21-12-19(18-9-11-29-14-20(18)27)22(31-23(21)32-24)15-4-3-10-28-13-15/h3-14H,1-2H3,(H,30,31,32). The van der Waals surface area contributed by atoms with Gasteiger partial charge in [-0.25, -0.2) is 14.4 Å². The van der Waals surface area contributed by atoms with Crippen molar-refractivity contribution < 1.29 is 4.39 Å². The molecule has 0 saturated heterocycles. The van der Waals surface area contributed by atoms with Gasteiger partial charge in [0.2, 0.25) is 0 Å². The molecule has 32 heavy (non-hydrogen) atoms. The number of aromatic amines is 1. The van der Waals surface area contributed by atoms with Crippen LogP contribution in [-0.2, 0) is 5.41 Å². The molecule has 158 valence electrons. The lowest BCUT2D eigenvalue weighted by Crippen LogP contribution is -2.20. The number of benzene rings is 1. The molecule has 5 aromatic rings. The quantitative estimate of drug-likeness (QED) is 0.359. The molecule has 5 rings (SSSR count). The van der Waals surface area contributed by atoms with E-state index in [1.807, 2.05) is 42.5 Å². The summed E-state index contributed by atoms with van der Waals surface area (Å²) in [5.74, 6) is 0.336. The summed E-state index contributed by atoms with van der Waals surface area (Å²) in [6, 6.07) is 14.9. The minimum atomic E-state index is -0.420. The molecule has 5 nitrogen and oxygen atoms in total. The zero-order valence-electron chi connectivity index (χ0n) is 17.5. The molecule has 1 N–H and O–H groups in total. The molecule has 7 heteroatoms. The van der Waals surface area contributed by atoms with Gasteiger partial charge in [-0.15, -0.1) is 0 Å². The first kappa shape index (κ1) is 20.3. The second kappa shape index (κ2) is 7.80. The monoisotopic (exact) mass is 443 g/mol. The molecule has 0 atom stereocenters. The molecule has 0 amide bonds. The maximum absolute atomic E-state index is 14.7. The number of imidazole rings is 1. The highest BCUT2D eigenvalue weighted by molar-refractivity contribution is 6.30. The highest BCUT2D eigenvalue weighted by Crippen LogP contribution is 2.36. The van der Waals surface area contributed by atoms with Crippen LogP contribution in [-0.4, -0.2) is 24.9 Å². The minimum Gasteiger partial charge on any atom is -0.326 e. The summed E-state index contributed by atoms with van der Waals surface area (Å²) in [6.45, 7) is 4.17. The summed E-state index contributed by atoms with van der Waals surface area (Å²) >= 11 is 6.06. The van der Waals surface area contributed by atoms with Crippen LogP contribution in [0.2, 0.25) is 5.02 Å². The van der Waals surface area contributed by atoms with Crippen LogP contribution in [0.3, 0.4) is 0 Å². The van der Waals surface area contributed by atoms with E-state index in [0.717, 1.165) is 17.0 Å². The SMILES string of the molecule is CC(C)(c1ccc(Cl)cc1)c1nc2cc(-c3ccncc3F)c(-c3cccnc3)nc2[nH]1. The van der Waals surface area contributed by atoms with E-state index in [-0.39, 0.29) is 0 Å². The van der Waals surface area contributed by atoms with Crippen LogP contribution in [0.5, 0.6) is 0 Å². The fraction of sp³-hybridized carbons (Fsp3) is 0.120. The summed E-state index contributed by atoms with van der Waals surface area (Å²) in [5, 5.41) is 0.681. The minimum absolute atomic E-state index is 0.412. The Hall–Kier alpha value is -3.64. The van der Waals surface area contributed by atoms with Gasteiger partial charge in [-0.3, -0.25) is 9.97 Å². The van der Waals surface area contributed by atoms with Gasteiger partial charge >= 0.3 is 0 Å². The Morgan fingerprint density at radius 1 is 0.906 bits per heavy atom. The number of hydrogen-bond acceptors (Lipinski definition) is 4. The first-order valence-corrected chi connectivity index (χ1v) is 10.5. The fourth-order valence-corrected chi connectivity index (χ4v) is 3.89. The van der Waals surface area contributed by atoms with Crippen molar-refractivity contribution in [3.63, 3.8) is 0 Å². The number of nitrogens with zero attached hydrogens (tertiary/aromatic N) is 4. The summed E-state index contributed by atoms with van der Waals surface area (Å²) in [5.41, 5.74) is 4.38. The van der Waals surface area contributed by atoms with Gasteiger partial charge in [0, 0.05) is 45.7 Å². The Kier molecular flexibility index (Phi) is 4.94. The molecule has 0 unspecified atom stereocenters. The van der Waals surface area contributed by atoms with Crippen molar-refractivity contribution in [2.45, 2.75) is 19.3 Å². The topological polar surface area (TPSA) is 67.3 Å². The van der Waals surface area contributed by atoms with Crippen molar-refractivity contribution in [3.8, 4) is 22.4 Å². The second-order valence-electron chi connectivity index (χ2n) is 8.07. The molecule has 0 bridgehead atoms. The predicted molar refractivity (Wildman–Crippen MR) is 124 cm³/mol. The van der Waals surface area contributed by atoms with E-state index in [9.17, 15) is 4.39 Å². The third-order valence-electron chi connectivity index (χ3n) is 5.63. The number of fused-ring (bicyclic) bond motifs is 1. The Labute approximate surface area is 189 Å². The van der Waals surface area contributed by atoms with E-state index in [1.165, 1.54) is 6.20 Å². The molecule has 4 aromatic heterocycles. The van der Waals surface area contributed by atoms with E-state index in [4.69, 9.17) is 21.6 Å². The molecular formula is C25H19ClFN5. The van der Waals surface area contributed by atoms with Gasteiger partial charge in [0.05, 0.1) is 11.9 Å². The van der Waals surface area contributed by atoms with Crippen LogP contribution in [0.25, 0.3) is 33.5 Å². The fourth-order valence-electron chi connectivity index (χ4n) is 3.76. The molecule has 0 saturated carbocycles. The number of hydrogen-bond donors (Lipinski definition) is 1. The van der Waals surface area contributed by atoms with Gasteiger partial charge in [0.1, 0.15) is 17.2 Å². The van der Waals surface area contributed by atoms with E-state index in [0.29, 0.717) is 33.0 Å². The highest BCUT2D eigenvalue weighted by Gasteiger charge is 2.28. The summed E-state index contributed by atoms with van der Waals surface area (Å²) in [4.78, 5) is 21.1. The average Bonchev–Trinajstić information content (AvgIpc) is 3.24. The predicted octanol–water partition coefficient (Wildman–Crippen LogP) is 6.20. The maximum Gasteiger partial charge on any atom is 0.158 e. The highest BCUT2D eigenvalue weighted by atomic mass is 35.5. The third kappa shape index (κ3) is 3.52. The zero-order valence-corrected chi connectivity index (χ0v) is 18.2. The smallest absolute Gasteiger partial charge is 0.158 e. The Balaban J connectivity index is 1.72. The van der Waals surface area contributed by atoms with Crippen molar-refractivity contribution in [2.75, 3.05) is 0 Å². The zero-order chi connectivity index (χ0) is 22.3. The van der Waals surface area contributed by atoms with Crippen molar-refractivity contribution >= 4 is 22.8 Å². The van der Waals surface area contributed by atoms with E-state index in [1.54, 1.807) is 24.7 Å². The van der Waals surface area contributed by atoms with Gasteiger partial charge in [-0.05, 0) is 55.8 Å². The molecule has 0 aliphatic rings. The molecule has 1 aromatic carbocycles.